The van der Waals surface area contributed by atoms with E-state index in [1.54, 1.807) is 42.6 Å². The Labute approximate surface area is 187 Å². The molecule has 7 heteroatoms. The zero-order valence-corrected chi connectivity index (χ0v) is 18.6. The molecule has 0 spiro atoms. The average molecular weight is 436 g/mol. The summed E-state index contributed by atoms with van der Waals surface area (Å²) in [5, 5.41) is 10.2. The minimum atomic E-state index is -0.589. The first kappa shape index (κ1) is 22.0. The Morgan fingerprint density at radius 3 is 2.47 bits per heavy atom. The van der Waals surface area contributed by atoms with Crippen LogP contribution in [0.25, 0.3) is 12.2 Å². The summed E-state index contributed by atoms with van der Waals surface area (Å²) >= 11 is 0. The summed E-state index contributed by atoms with van der Waals surface area (Å²) in [5.74, 6) is -1.22. The van der Waals surface area contributed by atoms with Crippen molar-refractivity contribution in [1.29, 1.82) is 0 Å². The van der Waals surface area contributed by atoms with Crippen molar-refractivity contribution in [3.8, 4) is 0 Å². The molecule has 32 heavy (non-hydrogen) atoms. The topological polar surface area (TPSA) is 82.9 Å². The van der Waals surface area contributed by atoms with Crippen LogP contribution in [0.5, 0.6) is 0 Å². The molecule has 1 aromatic carbocycles. The molecule has 0 radical (unpaired) electrons. The van der Waals surface area contributed by atoms with Crippen LogP contribution in [0, 0.1) is 11.8 Å². The zero-order chi connectivity index (χ0) is 23.0. The number of rotatable bonds is 5. The van der Waals surface area contributed by atoms with Gasteiger partial charge in [0.15, 0.2) is 0 Å². The van der Waals surface area contributed by atoms with E-state index in [9.17, 15) is 19.5 Å². The van der Waals surface area contributed by atoms with Gasteiger partial charge in [0.1, 0.15) is 0 Å². The van der Waals surface area contributed by atoms with Gasteiger partial charge in [0.25, 0.3) is 5.56 Å². The van der Waals surface area contributed by atoms with E-state index in [0.29, 0.717) is 17.7 Å². The molecule has 2 aliphatic heterocycles. The van der Waals surface area contributed by atoms with E-state index in [1.807, 2.05) is 42.5 Å². The molecule has 2 aliphatic rings. The highest BCUT2D eigenvalue weighted by Crippen LogP contribution is 2.49. The van der Waals surface area contributed by atoms with Gasteiger partial charge in [-0.3, -0.25) is 14.4 Å². The average Bonchev–Trinajstić information content (AvgIpc) is 3.04. The fourth-order valence-electron chi connectivity index (χ4n) is 5.10. The highest BCUT2D eigenvalue weighted by Gasteiger charge is 2.57. The number of benzene rings is 1. The number of nitrogens with zero attached hydrogens (tertiary/aromatic N) is 3. The summed E-state index contributed by atoms with van der Waals surface area (Å²) in [6.45, 7) is 1.84. The fraction of sp³-hybridized carbons (Fsp3) is 0.400. The highest BCUT2D eigenvalue weighted by atomic mass is 16.3. The molecule has 7 nitrogen and oxygen atoms in total. The molecule has 0 aliphatic carbocycles. The third kappa shape index (κ3) is 3.56. The standard InChI is InChI=1S/C25H29N3O4/c1-4-21(30)28-20-14-27-19(23(28)22(18(20)15-29)25(32)26(2)3)13-12-17(24(27)31)11-10-16-8-6-5-7-9-16/h5-13,18,20,22-23,29H,4,14-15H2,1-3H3/b11-10+/t18-,20-,22+,23+/m1/s1. The van der Waals surface area contributed by atoms with Crippen molar-refractivity contribution in [3.05, 3.63) is 69.6 Å². The number of hydrogen-bond acceptors (Lipinski definition) is 4. The summed E-state index contributed by atoms with van der Waals surface area (Å²) in [6, 6.07) is 12.4. The van der Waals surface area contributed by atoms with Crippen LogP contribution in [0.15, 0.2) is 47.3 Å². The van der Waals surface area contributed by atoms with Crippen LogP contribution in [-0.4, -0.2) is 58.0 Å². The lowest BCUT2D eigenvalue weighted by molar-refractivity contribution is -0.138. The van der Waals surface area contributed by atoms with Crippen molar-refractivity contribution in [1.82, 2.24) is 14.4 Å². The maximum atomic E-state index is 13.4. The molecule has 2 bridgehead atoms. The van der Waals surface area contributed by atoms with Gasteiger partial charge in [0.05, 0.1) is 18.0 Å². The monoisotopic (exact) mass is 435 g/mol. The van der Waals surface area contributed by atoms with Gasteiger partial charge in [-0.2, -0.15) is 0 Å². The van der Waals surface area contributed by atoms with Gasteiger partial charge < -0.3 is 19.5 Å². The summed E-state index contributed by atoms with van der Waals surface area (Å²) in [4.78, 5) is 42.6. The molecule has 1 aromatic heterocycles. The second kappa shape index (κ2) is 8.74. The minimum absolute atomic E-state index is 0.0701. The Morgan fingerprint density at radius 1 is 1.12 bits per heavy atom. The number of carbonyl (C=O) groups is 2. The van der Waals surface area contributed by atoms with Gasteiger partial charge in [-0.1, -0.05) is 43.3 Å². The second-order valence-electron chi connectivity index (χ2n) is 8.64. The van der Waals surface area contributed by atoms with Crippen LogP contribution >= 0.6 is 0 Å². The van der Waals surface area contributed by atoms with E-state index >= 15 is 0 Å². The summed E-state index contributed by atoms with van der Waals surface area (Å²) < 4.78 is 1.69. The summed E-state index contributed by atoms with van der Waals surface area (Å²) in [6.07, 6.45) is 3.99. The van der Waals surface area contributed by atoms with Crippen LogP contribution in [-0.2, 0) is 16.1 Å². The molecular formula is C25H29N3O4. The van der Waals surface area contributed by atoms with Gasteiger partial charge in [-0.15, -0.1) is 0 Å². The number of aliphatic hydroxyl groups excluding tert-OH is 1. The molecule has 3 heterocycles. The molecule has 168 valence electrons. The SMILES string of the molecule is CCC(=O)N1[C@@H]2Cn3c(ccc(/C=C/c4ccccc4)c3=O)[C@H]1[C@@H](C(=O)N(C)C)[C@@H]2CO. The predicted molar refractivity (Wildman–Crippen MR) is 122 cm³/mol. The summed E-state index contributed by atoms with van der Waals surface area (Å²) in [7, 11) is 3.35. The van der Waals surface area contributed by atoms with Gasteiger partial charge in [-0.05, 0) is 23.8 Å². The largest absolute Gasteiger partial charge is 0.396 e. The van der Waals surface area contributed by atoms with Gasteiger partial charge in [-0.25, -0.2) is 0 Å². The van der Waals surface area contributed by atoms with Crippen LogP contribution in [0.4, 0.5) is 0 Å². The Morgan fingerprint density at radius 2 is 1.84 bits per heavy atom. The lowest BCUT2D eigenvalue weighted by atomic mass is 9.86. The maximum absolute atomic E-state index is 13.4. The number of aromatic nitrogens is 1. The van der Waals surface area contributed by atoms with E-state index in [4.69, 9.17) is 0 Å². The molecule has 2 aromatic rings. The quantitative estimate of drug-likeness (QED) is 0.779. The third-order valence-corrected chi connectivity index (χ3v) is 6.64. The normalized spacial score (nSPS) is 23.9. The van der Waals surface area contributed by atoms with Crippen molar-refractivity contribution >= 4 is 24.0 Å². The molecule has 0 unspecified atom stereocenters. The Bertz CT molecular complexity index is 1110. The smallest absolute Gasteiger partial charge is 0.258 e. The first-order valence-corrected chi connectivity index (χ1v) is 11.0. The Hall–Kier alpha value is -3.19. The number of fused-ring (bicyclic) bond motifs is 4. The number of amides is 2. The molecule has 2 amide bonds. The van der Waals surface area contributed by atoms with Crippen molar-refractivity contribution in [2.75, 3.05) is 20.7 Å². The van der Waals surface area contributed by atoms with Crippen molar-refractivity contribution in [2.45, 2.75) is 32.0 Å². The van der Waals surface area contributed by atoms with Crippen molar-refractivity contribution < 1.29 is 14.7 Å². The van der Waals surface area contributed by atoms with Crippen LogP contribution in [0.2, 0.25) is 0 Å². The molecular weight excluding hydrogens is 406 g/mol. The van der Waals surface area contributed by atoms with E-state index in [1.165, 1.54) is 4.90 Å². The van der Waals surface area contributed by atoms with E-state index < -0.39 is 23.9 Å². The van der Waals surface area contributed by atoms with E-state index in [-0.39, 0.29) is 30.5 Å². The Balaban J connectivity index is 1.81. The number of hydrogen-bond donors (Lipinski definition) is 1. The predicted octanol–water partition coefficient (Wildman–Crippen LogP) is 2.01. The van der Waals surface area contributed by atoms with Crippen LogP contribution in [0.3, 0.4) is 0 Å². The van der Waals surface area contributed by atoms with Gasteiger partial charge >= 0.3 is 0 Å². The minimum Gasteiger partial charge on any atom is -0.396 e. The highest BCUT2D eigenvalue weighted by molar-refractivity contribution is 5.84. The maximum Gasteiger partial charge on any atom is 0.258 e. The number of carbonyl (C=O) groups excluding carboxylic acids is 2. The molecule has 0 saturated carbocycles. The van der Waals surface area contributed by atoms with Gasteiger partial charge in [0, 0.05) is 50.8 Å². The van der Waals surface area contributed by atoms with Crippen molar-refractivity contribution in [3.63, 3.8) is 0 Å². The molecule has 4 atom stereocenters. The lowest BCUT2D eigenvalue weighted by Gasteiger charge is -2.38. The molecule has 1 saturated heterocycles. The number of aliphatic hydroxyl groups is 1. The lowest BCUT2D eigenvalue weighted by Crippen LogP contribution is -2.49. The van der Waals surface area contributed by atoms with E-state index in [0.717, 1.165) is 5.56 Å². The van der Waals surface area contributed by atoms with Crippen molar-refractivity contribution in [2.24, 2.45) is 11.8 Å². The molecule has 4 rings (SSSR count). The zero-order valence-electron chi connectivity index (χ0n) is 18.6. The molecule has 1 N–H and O–H groups in total. The van der Waals surface area contributed by atoms with Gasteiger partial charge in [0.2, 0.25) is 11.8 Å². The number of pyridine rings is 1. The van der Waals surface area contributed by atoms with Crippen LogP contribution < -0.4 is 5.56 Å². The second-order valence-corrected chi connectivity index (χ2v) is 8.64. The van der Waals surface area contributed by atoms with Crippen LogP contribution in [0.1, 0.15) is 36.2 Å². The molecule has 1 fully saturated rings. The first-order valence-electron chi connectivity index (χ1n) is 11.0. The Kier molecular flexibility index (Phi) is 6.02. The summed E-state index contributed by atoms with van der Waals surface area (Å²) in [5.41, 5.74) is 2.04. The van der Waals surface area contributed by atoms with E-state index in [2.05, 4.69) is 0 Å². The fourth-order valence-corrected chi connectivity index (χ4v) is 5.10. The third-order valence-electron chi connectivity index (χ3n) is 6.64. The first-order chi connectivity index (χ1) is 15.4.